The summed E-state index contributed by atoms with van der Waals surface area (Å²) in [6.07, 6.45) is -3.45. The molecule has 2 aromatic rings. The minimum Gasteiger partial charge on any atom is -0.508 e. The van der Waals surface area contributed by atoms with Gasteiger partial charge in [0.25, 0.3) is 5.91 Å². The monoisotopic (exact) mass is 438 g/mol. The third kappa shape index (κ3) is 5.20. The van der Waals surface area contributed by atoms with Crippen LogP contribution in [0.4, 0.5) is 18.9 Å². The first-order chi connectivity index (χ1) is 14.6. The molecule has 4 N–H and O–H groups in total. The number of rotatable bonds is 7. The topological polar surface area (TPSA) is 100 Å². The van der Waals surface area contributed by atoms with E-state index in [4.69, 9.17) is 4.74 Å². The first-order valence-electron chi connectivity index (χ1n) is 9.70. The van der Waals surface area contributed by atoms with E-state index in [1.807, 2.05) is 0 Å². The van der Waals surface area contributed by atoms with E-state index < -0.39 is 12.5 Å². The van der Waals surface area contributed by atoms with Crippen LogP contribution in [-0.4, -0.2) is 41.2 Å². The van der Waals surface area contributed by atoms with Crippen molar-refractivity contribution in [2.45, 2.75) is 37.3 Å². The molecule has 0 spiro atoms. The van der Waals surface area contributed by atoms with Crippen molar-refractivity contribution >= 4 is 11.6 Å². The van der Waals surface area contributed by atoms with Crippen LogP contribution < -0.4 is 20.1 Å². The zero-order valence-corrected chi connectivity index (χ0v) is 16.3. The maximum Gasteiger partial charge on any atom is 0.573 e. The molecule has 31 heavy (non-hydrogen) atoms. The third-order valence-electron chi connectivity index (χ3n) is 5.31. The van der Waals surface area contributed by atoms with Crippen molar-refractivity contribution in [1.82, 2.24) is 5.32 Å². The zero-order chi connectivity index (χ0) is 22.2. The summed E-state index contributed by atoms with van der Waals surface area (Å²) in [6.45, 7) is -0.00855. The molecule has 1 fully saturated rings. The van der Waals surface area contributed by atoms with E-state index in [1.54, 1.807) is 12.1 Å². The van der Waals surface area contributed by atoms with Crippen molar-refractivity contribution in [3.63, 3.8) is 0 Å². The highest BCUT2D eigenvalue weighted by atomic mass is 19.4. The first-order valence-corrected chi connectivity index (χ1v) is 9.70. The number of phenolic OH excluding ortho intramolecular Hbond substituents is 1. The molecule has 1 heterocycles. The second-order valence-electron chi connectivity index (χ2n) is 7.79. The van der Waals surface area contributed by atoms with Gasteiger partial charge in [0.05, 0.1) is 11.8 Å². The summed E-state index contributed by atoms with van der Waals surface area (Å²) in [5.41, 5.74) is 1.23. The van der Waals surface area contributed by atoms with Crippen LogP contribution in [-0.2, 0) is 11.2 Å². The molecular weight excluding hydrogens is 417 g/mol. The van der Waals surface area contributed by atoms with Gasteiger partial charge in [0.2, 0.25) is 0 Å². The van der Waals surface area contributed by atoms with Crippen LogP contribution in [0, 0.1) is 0 Å². The Balaban J connectivity index is 1.39. The van der Waals surface area contributed by atoms with Gasteiger partial charge in [-0.15, -0.1) is 13.2 Å². The number of carbonyl (C=O) groups excluding carboxylic acids is 1. The molecule has 2 aromatic carbocycles. The molecule has 0 saturated heterocycles. The van der Waals surface area contributed by atoms with Gasteiger partial charge in [-0.05, 0) is 43.0 Å². The molecule has 4 rings (SSSR count). The molecular formula is C21H21F3N2O5. The summed E-state index contributed by atoms with van der Waals surface area (Å²) in [6, 6.07) is 8.46. The lowest BCUT2D eigenvalue weighted by Gasteiger charge is -2.25. The molecule has 7 nitrogen and oxygen atoms in total. The molecule has 0 aromatic heterocycles. The number of amides is 1. The normalized spacial score (nSPS) is 17.9. The maximum absolute atomic E-state index is 12.3. The van der Waals surface area contributed by atoms with Crippen molar-refractivity contribution in [3.05, 3.63) is 47.5 Å². The van der Waals surface area contributed by atoms with E-state index in [1.165, 1.54) is 24.3 Å². The molecule has 1 atom stereocenters. The van der Waals surface area contributed by atoms with Crippen LogP contribution in [0.2, 0.25) is 0 Å². The van der Waals surface area contributed by atoms with Crippen LogP contribution in [0.1, 0.15) is 30.1 Å². The predicted molar refractivity (Wildman–Crippen MR) is 104 cm³/mol. The van der Waals surface area contributed by atoms with Crippen LogP contribution in [0.3, 0.4) is 0 Å². The van der Waals surface area contributed by atoms with E-state index in [0.29, 0.717) is 23.4 Å². The standard InChI is InChI=1S/C21H21F3N2O5/c22-21(23,24)31-14-3-1-12(2-4-14)9-20(5-6-20)25-10-17(28)15-7-13(27)8-16-19(15)30-11-18(29)26-16/h1-4,7-8,17,25,27-28H,5-6,9-11H2,(H,26,29). The largest absolute Gasteiger partial charge is 0.573 e. The lowest BCUT2D eigenvalue weighted by molar-refractivity contribution is -0.274. The number of halogens is 3. The number of aromatic hydroxyl groups is 1. The van der Waals surface area contributed by atoms with E-state index in [-0.39, 0.29) is 36.1 Å². The van der Waals surface area contributed by atoms with Gasteiger partial charge < -0.3 is 30.3 Å². The van der Waals surface area contributed by atoms with Crippen molar-refractivity contribution in [3.8, 4) is 17.2 Å². The Bertz CT molecular complexity index is 974. The van der Waals surface area contributed by atoms with Gasteiger partial charge >= 0.3 is 6.36 Å². The van der Waals surface area contributed by atoms with E-state index in [0.717, 1.165) is 18.4 Å². The highest BCUT2D eigenvalue weighted by Crippen LogP contribution is 2.41. The highest BCUT2D eigenvalue weighted by molar-refractivity contribution is 5.96. The number of alkyl halides is 3. The van der Waals surface area contributed by atoms with Crippen LogP contribution in [0.15, 0.2) is 36.4 Å². The van der Waals surface area contributed by atoms with Crippen molar-refractivity contribution in [2.24, 2.45) is 0 Å². The Kier molecular flexibility index (Phi) is 5.44. The highest BCUT2D eigenvalue weighted by Gasteiger charge is 2.42. The van der Waals surface area contributed by atoms with Crippen molar-refractivity contribution < 1.29 is 37.7 Å². The molecule has 10 heteroatoms. The number of carbonyl (C=O) groups is 1. The Labute approximate surface area is 175 Å². The fraction of sp³-hybridized carbons (Fsp3) is 0.381. The molecule has 166 valence electrons. The molecule has 0 radical (unpaired) electrons. The number of β-amino-alcohol motifs (C(OH)–C–C–N with tert-alkyl or cyclic N) is 1. The molecule has 1 aliphatic heterocycles. The number of hydrogen-bond donors (Lipinski definition) is 4. The van der Waals surface area contributed by atoms with Crippen LogP contribution >= 0.6 is 0 Å². The Morgan fingerprint density at radius 1 is 1.23 bits per heavy atom. The molecule has 1 unspecified atom stereocenters. The van der Waals surface area contributed by atoms with E-state index in [9.17, 15) is 28.2 Å². The lowest BCUT2D eigenvalue weighted by atomic mass is 10.0. The number of benzene rings is 2. The number of ether oxygens (including phenoxy) is 2. The van der Waals surface area contributed by atoms with Gasteiger partial charge in [0.1, 0.15) is 17.2 Å². The summed E-state index contributed by atoms with van der Waals surface area (Å²) in [4.78, 5) is 11.5. The average Bonchev–Trinajstić information content (AvgIpc) is 3.45. The molecule has 1 aliphatic carbocycles. The van der Waals surface area contributed by atoms with Crippen LogP contribution in [0.25, 0.3) is 0 Å². The minimum atomic E-state index is -4.73. The summed E-state index contributed by atoms with van der Waals surface area (Å²) >= 11 is 0. The number of nitrogens with one attached hydrogen (secondary N) is 2. The molecule has 0 bridgehead atoms. The number of phenols is 1. The molecule has 1 amide bonds. The third-order valence-corrected chi connectivity index (χ3v) is 5.31. The number of hydrogen-bond acceptors (Lipinski definition) is 6. The first kappa shape index (κ1) is 21.3. The number of aliphatic hydroxyl groups excluding tert-OH is 1. The fourth-order valence-electron chi connectivity index (χ4n) is 3.65. The smallest absolute Gasteiger partial charge is 0.508 e. The summed E-state index contributed by atoms with van der Waals surface area (Å²) < 4.78 is 46.2. The van der Waals surface area contributed by atoms with Gasteiger partial charge in [0.15, 0.2) is 6.61 Å². The van der Waals surface area contributed by atoms with E-state index >= 15 is 0 Å². The number of fused-ring (bicyclic) bond motifs is 1. The van der Waals surface area contributed by atoms with Gasteiger partial charge in [-0.25, -0.2) is 0 Å². The number of anilines is 1. The van der Waals surface area contributed by atoms with Gasteiger partial charge in [-0.1, -0.05) is 12.1 Å². The second-order valence-corrected chi connectivity index (χ2v) is 7.79. The second kappa shape index (κ2) is 7.93. The summed E-state index contributed by atoms with van der Waals surface area (Å²) in [7, 11) is 0. The van der Waals surface area contributed by atoms with Crippen LogP contribution in [0.5, 0.6) is 17.2 Å². The van der Waals surface area contributed by atoms with Crippen molar-refractivity contribution in [2.75, 3.05) is 18.5 Å². The Morgan fingerprint density at radius 3 is 2.58 bits per heavy atom. The average molecular weight is 438 g/mol. The number of aliphatic hydroxyl groups is 1. The summed E-state index contributed by atoms with van der Waals surface area (Å²) in [5, 5.41) is 26.5. The quantitative estimate of drug-likeness (QED) is 0.531. The molecule has 2 aliphatic rings. The van der Waals surface area contributed by atoms with Gasteiger partial charge in [-0.3, -0.25) is 4.79 Å². The molecule has 1 saturated carbocycles. The SMILES string of the molecule is O=C1COc2c(cc(O)cc2C(O)CNC2(Cc3ccc(OC(F)(F)F)cc3)CC2)N1. The fourth-order valence-corrected chi connectivity index (χ4v) is 3.65. The lowest BCUT2D eigenvalue weighted by Crippen LogP contribution is -2.37. The Hall–Kier alpha value is -2.98. The zero-order valence-electron chi connectivity index (χ0n) is 16.3. The summed E-state index contributed by atoms with van der Waals surface area (Å²) in [5.74, 6) is -0.414. The van der Waals surface area contributed by atoms with Gasteiger partial charge in [-0.2, -0.15) is 0 Å². The predicted octanol–water partition coefficient (Wildman–Crippen LogP) is 3.02. The Morgan fingerprint density at radius 2 is 1.94 bits per heavy atom. The van der Waals surface area contributed by atoms with Crippen molar-refractivity contribution in [1.29, 1.82) is 0 Å². The minimum absolute atomic E-state index is 0.110. The van der Waals surface area contributed by atoms with E-state index in [2.05, 4.69) is 15.4 Å². The van der Waals surface area contributed by atoms with Gasteiger partial charge in [0, 0.05) is 23.7 Å². The maximum atomic E-state index is 12.3.